The van der Waals surface area contributed by atoms with Gasteiger partial charge in [-0.15, -0.1) is 0 Å². The minimum atomic E-state index is -1.05. The van der Waals surface area contributed by atoms with Crippen molar-refractivity contribution in [3.63, 3.8) is 0 Å². The Balaban J connectivity index is 2.61. The van der Waals surface area contributed by atoms with Crippen LogP contribution >= 0.6 is 0 Å². The molecule has 0 aliphatic carbocycles. The molecule has 5 nitrogen and oxygen atoms in total. The van der Waals surface area contributed by atoms with Crippen molar-refractivity contribution < 1.29 is 19.1 Å². The van der Waals surface area contributed by atoms with Gasteiger partial charge in [-0.05, 0) is 31.0 Å². The van der Waals surface area contributed by atoms with E-state index in [1.807, 2.05) is 6.92 Å². The number of amides is 2. The summed E-state index contributed by atoms with van der Waals surface area (Å²) in [7, 11) is 0. The van der Waals surface area contributed by atoms with Crippen LogP contribution in [-0.2, 0) is 11.3 Å². The second-order valence-electron chi connectivity index (χ2n) is 4.56. The Bertz CT molecular complexity index is 462. The summed E-state index contributed by atoms with van der Waals surface area (Å²) in [5.41, 5.74) is 0.749. The Morgan fingerprint density at radius 3 is 2.45 bits per heavy atom. The van der Waals surface area contributed by atoms with E-state index in [0.29, 0.717) is 6.42 Å². The molecule has 6 heteroatoms. The smallest absolute Gasteiger partial charge is 0.323 e. The highest BCUT2D eigenvalue weighted by Gasteiger charge is 2.21. The Morgan fingerprint density at radius 1 is 1.35 bits per heavy atom. The summed E-state index contributed by atoms with van der Waals surface area (Å²) in [5.74, 6) is -1.39. The van der Waals surface area contributed by atoms with Crippen LogP contribution in [0.3, 0.4) is 0 Å². The second kappa shape index (κ2) is 7.47. The number of nitrogens with zero attached hydrogens (tertiary/aromatic N) is 1. The van der Waals surface area contributed by atoms with Gasteiger partial charge in [0.1, 0.15) is 12.4 Å². The van der Waals surface area contributed by atoms with Crippen molar-refractivity contribution in [1.82, 2.24) is 10.2 Å². The normalized spacial score (nSPS) is 11.8. The Kier molecular flexibility index (Phi) is 5.96. The maximum atomic E-state index is 12.7. The molecule has 0 radical (unpaired) electrons. The third-order valence-corrected chi connectivity index (χ3v) is 3.05. The number of carboxylic acids is 1. The van der Waals surface area contributed by atoms with Crippen LogP contribution in [0.2, 0.25) is 0 Å². The van der Waals surface area contributed by atoms with Gasteiger partial charge in [0.25, 0.3) is 0 Å². The van der Waals surface area contributed by atoms with Crippen molar-refractivity contribution >= 4 is 12.0 Å². The van der Waals surface area contributed by atoms with E-state index in [9.17, 15) is 14.0 Å². The summed E-state index contributed by atoms with van der Waals surface area (Å²) in [5, 5.41) is 11.5. The molecule has 0 fully saturated rings. The largest absolute Gasteiger partial charge is 0.480 e. The molecule has 20 heavy (non-hydrogen) atoms. The summed E-state index contributed by atoms with van der Waals surface area (Å²) in [6, 6.07) is 5.15. The predicted octanol–water partition coefficient (Wildman–Crippen LogP) is 2.22. The van der Waals surface area contributed by atoms with Crippen molar-refractivity contribution in [3.05, 3.63) is 35.6 Å². The molecule has 2 N–H and O–H groups in total. The standard InChI is InChI=1S/C14H19FN2O3/c1-3-10(2)17(9-13(18)19)14(20)16-8-11-4-6-12(15)7-5-11/h4-7,10H,3,8-9H2,1-2H3,(H,16,20)(H,18,19). The number of carbonyl (C=O) groups is 2. The molecule has 1 aromatic rings. The zero-order valence-corrected chi connectivity index (χ0v) is 11.6. The molecule has 110 valence electrons. The fourth-order valence-corrected chi connectivity index (χ4v) is 1.68. The minimum Gasteiger partial charge on any atom is -0.480 e. The number of aliphatic carboxylic acids is 1. The highest BCUT2D eigenvalue weighted by molar-refractivity contribution is 5.80. The maximum absolute atomic E-state index is 12.7. The van der Waals surface area contributed by atoms with Gasteiger partial charge in [-0.25, -0.2) is 9.18 Å². The van der Waals surface area contributed by atoms with Gasteiger partial charge in [0.2, 0.25) is 0 Å². The van der Waals surface area contributed by atoms with Gasteiger partial charge in [-0.1, -0.05) is 19.1 Å². The lowest BCUT2D eigenvalue weighted by Gasteiger charge is -2.27. The van der Waals surface area contributed by atoms with E-state index in [1.165, 1.54) is 17.0 Å². The van der Waals surface area contributed by atoms with Gasteiger partial charge in [0.15, 0.2) is 0 Å². The molecule has 1 aromatic carbocycles. The number of carboxylic acid groups (broad SMARTS) is 1. The number of carbonyl (C=O) groups excluding carboxylic acids is 1. The van der Waals surface area contributed by atoms with Gasteiger partial charge >= 0.3 is 12.0 Å². The maximum Gasteiger partial charge on any atom is 0.323 e. The van der Waals surface area contributed by atoms with Crippen molar-refractivity contribution in [2.45, 2.75) is 32.9 Å². The zero-order valence-electron chi connectivity index (χ0n) is 11.6. The highest BCUT2D eigenvalue weighted by Crippen LogP contribution is 2.06. The number of hydrogen-bond acceptors (Lipinski definition) is 2. The van der Waals surface area contributed by atoms with Crippen LogP contribution in [0.5, 0.6) is 0 Å². The average molecular weight is 282 g/mol. The highest BCUT2D eigenvalue weighted by atomic mass is 19.1. The molecule has 1 unspecified atom stereocenters. The molecule has 0 saturated carbocycles. The topological polar surface area (TPSA) is 69.6 Å². The van der Waals surface area contributed by atoms with Crippen LogP contribution in [0.15, 0.2) is 24.3 Å². The third-order valence-electron chi connectivity index (χ3n) is 3.05. The van der Waals surface area contributed by atoms with Crippen molar-refractivity contribution in [3.8, 4) is 0 Å². The number of nitrogens with one attached hydrogen (secondary N) is 1. The molecule has 0 heterocycles. The summed E-state index contributed by atoms with van der Waals surface area (Å²) in [6.07, 6.45) is 0.664. The van der Waals surface area contributed by atoms with E-state index in [2.05, 4.69) is 5.32 Å². The van der Waals surface area contributed by atoms with Crippen LogP contribution in [0.4, 0.5) is 9.18 Å². The van der Waals surface area contributed by atoms with Gasteiger partial charge in [0, 0.05) is 12.6 Å². The Hall–Kier alpha value is -2.11. The third kappa shape index (κ3) is 4.87. The van der Waals surface area contributed by atoms with Crippen LogP contribution in [-0.4, -0.2) is 34.6 Å². The molecule has 0 saturated heterocycles. The lowest BCUT2D eigenvalue weighted by atomic mass is 10.2. The number of rotatable bonds is 6. The van der Waals surface area contributed by atoms with E-state index in [1.54, 1.807) is 19.1 Å². The molecule has 1 atom stereocenters. The fourth-order valence-electron chi connectivity index (χ4n) is 1.68. The molecular weight excluding hydrogens is 263 g/mol. The Labute approximate surface area is 117 Å². The van der Waals surface area contributed by atoms with Gasteiger partial charge < -0.3 is 15.3 Å². The average Bonchev–Trinajstić information content (AvgIpc) is 2.42. The number of halogens is 1. The number of urea groups is 1. The van der Waals surface area contributed by atoms with Crippen LogP contribution in [0.25, 0.3) is 0 Å². The van der Waals surface area contributed by atoms with Crippen molar-refractivity contribution in [2.24, 2.45) is 0 Å². The molecule has 0 spiro atoms. The Morgan fingerprint density at radius 2 is 1.95 bits per heavy atom. The van der Waals surface area contributed by atoms with Crippen LogP contribution in [0.1, 0.15) is 25.8 Å². The quantitative estimate of drug-likeness (QED) is 0.840. The van der Waals surface area contributed by atoms with E-state index < -0.39 is 12.0 Å². The van der Waals surface area contributed by atoms with E-state index in [-0.39, 0.29) is 24.9 Å². The molecule has 0 aliphatic heterocycles. The lowest BCUT2D eigenvalue weighted by Crippen LogP contribution is -2.47. The molecular formula is C14H19FN2O3. The first kappa shape index (κ1) is 15.9. The summed E-state index contributed by atoms with van der Waals surface area (Å²) in [6.45, 7) is 3.56. The SMILES string of the molecule is CCC(C)N(CC(=O)O)C(=O)NCc1ccc(F)cc1. The first-order valence-electron chi connectivity index (χ1n) is 6.44. The lowest BCUT2D eigenvalue weighted by molar-refractivity contribution is -0.138. The van der Waals surface area contributed by atoms with E-state index >= 15 is 0 Å². The molecule has 0 aliphatic rings. The van der Waals surface area contributed by atoms with Crippen molar-refractivity contribution in [2.75, 3.05) is 6.54 Å². The molecule has 0 aromatic heterocycles. The molecule has 1 rings (SSSR count). The summed E-state index contributed by atoms with van der Waals surface area (Å²) >= 11 is 0. The molecule has 0 bridgehead atoms. The van der Waals surface area contributed by atoms with Gasteiger partial charge in [-0.2, -0.15) is 0 Å². The van der Waals surface area contributed by atoms with Crippen LogP contribution in [0, 0.1) is 5.82 Å². The first-order valence-corrected chi connectivity index (χ1v) is 6.44. The van der Waals surface area contributed by atoms with Gasteiger partial charge in [0.05, 0.1) is 0 Å². The fraction of sp³-hybridized carbons (Fsp3) is 0.429. The summed E-state index contributed by atoms with van der Waals surface area (Å²) < 4.78 is 12.7. The summed E-state index contributed by atoms with van der Waals surface area (Å²) in [4.78, 5) is 24.0. The minimum absolute atomic E-state index is 0.167. The van der Waals surface area contributed by atoms with E-state index in [0.717, 1.165) is 5.56 Å². The number of hydrogen-bond donors (Lipinski definition) is 2. The van der Waals surface area contributed by atoms with Gasteiger partial charge in [-0.3, -0.25) is 4.79 Å². The van der Waals surface area contributed by atoms with Crippen molar-refractivity contribution in [1.29, 1.82) is 0 Å². The zero-order chi connectivity index (χ0) is 15.1. The second-order valence-corrected chi connectivity index (χ2v) is 4.56. The van der Waals surface area contributed by atoms with Crippen LogP contribution < -0.4 is 5.32 Å². The first-order chi connectivity index (χ1) is 9.43. The molecule has 2 amide bonds. The van der Waals surface area contributed by atoms with E-state index in [4.69, 9.17) is 5.11 Å². The monoisotopic (exact) mass is 282 g/mol. The predicted molar refractivity (Wildman–Crippen MR) is 72.7 cm³/mol. The number of benzene rings is 1.